The Balaban J connectivity index is 1.40. The van der Waals surface area contributed by atoms with Gasteiger partial charge in [-0.15, -0.1) is 11.3 Å². The number of hydrogen-bond acceptors (Lipinski definition) is 5. The Hall–Kier alpha value is -2.22. The molecule has 3 aromatic rings. The molecule has 0 radical (unpaired) electrons. The predicted molar refractivity (Wildman–Crippen MR) is 132 cm³/mol. The minimum absolute atomic E-state index is 0.159. The van der Waals surface area contributed by atoms with Crippen molar-refractivity contribution in [2.45, 2.75) is 62.9 Å². The molecule has 0 aliphatic heterocycles. The maximum atomic E-state index is 13.0. The van der Waals surface area contributed by atoms with Crippen molar-refractivity contribution in [3.63, 3.8) is 0 Å². The molecule has 2 heterocycles. The molecule has 4 rings (SSSR count). The summed E-state index contributed by atoms with van der Waals surface area (Å²) in [5.41, 5.74) is 2.32. The van der Waals surface area contributed by atoms with Crippen molar-refractivity contribution in [1.82, 2.24) is 10.3 Å². The first kappa shape index (κ1) is 23.0. The number of thiophene rings is 1. The van der Waals surface area contributed by atoms with Crippen LogP contribution in [0.4, 0.5) is 5.69 Å². The Kier molecular flexibility index (Phi) is 7.60. The van der Waals surface area contributed by atoms with Gasteiger partial charge in [-0.3, -0.25) is 9.71 Å². The summed E-state index contributed by atoms with van der Waals surface area (Å²) in [7, 11) is -3.72. The summed E-state index contributed by atoms with van der Waals surface area (Å²) in [5, 5.41) is 5.57. The van der Waals surface area contributed by atoms with Gasteiger partial charge in [0, 0.05) is 18.8 Å². The van der Waals surface area contributed by atoms with Crippen molar-refractivity contribution in [2.24, 2.45) is 5.92 Å². The highest BCUT2D eigenvalue weighted by Gasteiger charge is 2.19. The lowest BCUT2D eigenvalue weighted by molar-refractivity contribution is 0.305. The first-order valence-corrected chi connectivity index (χ1v) is 13.7. The SMILES string of the molecule is CC(CC1CCCCC1)NCc1ccccc1NS(=O)(=O)c1ccc(-c2cccs2)nc1. The Morgan fingerprint density at radius 1 is 1.06 bits per heavy atom. The molecule has 0 spiro atoms. The number of sulfonamides is 1. The van der Waals surface area contributed by atoms with Crippen LogP contribution >= 0.6 is 11.3 Å². The number of hydrogen-bond donors (Lipinski definition) is 2. The summed E-state index contributed by atoms with van der Waals surface area (Å²) in [4.78, 5) is 5.52. The van der Waals surface area contributed by atoms with Gasteiger partial charge in [0.1, 0.15) is 4.90 Å². The molecule has 1 unspecified atom stereocenters. The number of nitrogens with one attached hydrogen (secondary N) is 2. The van der Waals surface area contributed by atoms with Crippen LogP contribution in [0, 0.1) is 5.92 Å². The highest BCUT2D eigenvalue weighted by Crippen LogP contribution is 2.28. The van der Waals surface area contributed by atoms with E-state index < -0.39 is 10.0 Å². The summed E-state index contributed by atoms with van der Waals surface area (Å²) in [6.07, 6.45) is 9.35. The Morgan fingerprint density at radius 2 is 1.88 bits per heavy atom. The zero-order valence-corrected chi connectivity index (χ0v) is 20.1. The minimum Gasteiger partial charge on any atom is -0.310 e. The fraction of sp³-hybridized carbons (Fsp3) is 0.400. The number of aromatic nitrogens is 1. The summed E-state index contributed by atoms with van der Waals surface area (Å²) >= 11 is 1.58. The molecule has 5 nitrogen and oxygen atoms in total. The molecule has 0 saturated heterocycles. The number of anilines is 1. The van der Waals surface area contributed by atoms with Crippen molar-refractivity contribution >= 4 is 27.0 Å². The Labute approximate surface area is 195 Å². The molecule has 32 heavy (non-hydrogen) atoms. The van der Waals surface area contributed by atoms with Gasteiger partial charge in [0.2, 0.25) is 0 Å². The van der Waals surface area contributed by atoms with Gasteiger partial charge in [-0.2, -0.15) is 0 Å². The Morgan fingerprint density at radius 3 is 2.59 bits per heavy atom. The molecule has 1 aliphatic rings. The number of pyridine rings is 1. The van der Waals surface area contributed by atoms with Crippen LogP contribution in [0.3, 0.4) is 0 Å². The van der Waals surface area contributed by atoms with E-state index in [2.05, 4.69) is 21.9 Å². The third kappa shape index (κ3) is 5.97. The van der Waals surface area contributed by atoms with E-state index in [1.807, 2.05) is 41.8 Å². The number of para-hydroxylation sites is 1. The second-order valence-electron chi connectivity index (χ2n) is 8.64. The van der Waals surface area contributed by atoms with Gasteiger partial charge in [0.25, 0.3) is 10.0 Å². The first-order chi connectivity index (χ1) is 15.5. The third-order valence-electron chi connectivity index (χ3n) is 6.13. The molecule has 170 valence electrons. The quantitative estimate of drug-likeness (QED) is 0.400. The molecule has 1 atom stereocenters. The van der Waals surface area contributed by atoms with Crippen molar-refractivity contribution in [1.29, 1.82) is 0 Å². The maximum Gasteiger partial charge on any atom is 0.263 e. The van der Waals surface area contributed by atoms with Crippen LogP contribution in [0.2, 0.25) is 0 Å². The van der Waals surface area contributed by atoms with E-state index in [0.717, 1.165) is 22.1 Å². The molecule has 2 aromatic heterocycles. The highest BCUT2D eigenvalue weighted by molar-refractivity contribution is 7.92. The number of benzene rings is 1. The van der Waals surface area contributed by atoms with E-state index in [4.69, 9.17) is 0 Å². The predicted octanol–water partition coefficient (Wildman–Crippen LogP) is 6.06. The lowest BCUT2D eigenvalue weighted by atomic mass is 9.85. The van der Waals surface area contributed by atoms with Crippen LogP contribution < -0.4 is 10.0 Å². The molecular weight excluding hydrogens is 438 g/mol. The van der Waals surface area contributed by atoms with Crippen LogP contribution in [-0.2, 0) is 16.6 Å². The maximum absolute atomic E-state index is 13.0. The van der Waals surface area contributed by atoms with Gasteiger partial charge >= 0.3 is 0 Å². The van der Waals surface area contributed by atoms with Crippen LogP contribution in [0.15, 0.2) is 65.0 Å². The average Bonchev–Trinajstić information content (AvgIpc) is 3.34. The van der Waals surface area contributed by atoms with Crippen molar-refractivity contribution in [3.05, 3.63) is 65.7 Å². The standard InChI is InChI=1S/C25H31N3O2S2/c1-19(16-20-8-3-2-4-9-20)26-17-21-10-5-6-11-23(21)28-32(29,30)22-13-14-24(27-18-22)25-12-7-15-31-25/h5-7,10-15,18-20,26,28H,2-4,8-9,16-17H2,1H3. The molecule has 7 heteroatoms. The topological polar surface area (TPSA) is 71.1 Å². The van der Waals surface area contributed by atoms with Crippen molar-refractivity contribution in [3.8, 4) is 10.6 Å². The largest absolute Gasteiger partial charge is 0.310 e. The summed E-state index contributed by atoms with van der Waals surface area (Å²) < 4.78 is 28.7. The van der Waals surface area contributed by atoms with Crippen LogP contribution in [0.25, 0.3) is 10.6 Å². The zero-order chi connectivity index (χ0) is 22.4. The number of rotatable bonds is 9. The summed E-state index contributed by atoms with van der Waals surface area (Å²) in [6.45, 7) is 2.85. The van der Waals surface area contributed by atoms with Crippen LogP contribution in [-0.4, -0.2) is 19.4 Å². The van der Waals surface area contributed by atoms with E-state index >= 15 is 0 Å². The average molecular weight is 470 g/mol. The van der Waals surface area contributed by atoms with Crippen LogP contribution in [0.5, 0.6) is 0 Å². The van der Waals surface area contributed by atoms with Gasteiger partial charge < -0.3 is 5.32 Å². The van der Waals surface area contributed by atoms with E-state index in [1.165, 1.54) is 44.7 Å². The fourth-order valence-corrected chi connectivity index (χ4v) is 6.12. The van der Waals surface area contributed by atoms with E-state index in [1.54, 1.807) is 23.5 Å². The monoisotopic (exact) mass is 469 g/mol. The second kappa shape index (κ2) is 10.6. The fourth-order valence-electron chi connectivity index (χ4n) is 4.38. The molecule has 1 aliphatic carbocycles. The second-order valence-corrected chi connectivity index (χ2v) is 11.3. The molecule has 0 amide bonds. The highest BCUT2D eigenvalue weighted by atomic mass is 32.2. The lowest BCUT2D eigenvalue weighted by Crippen LogP contribution is -2.29. The molecule has 0 bridgehead atoms. The van der Waals surface area contributed by atoms with E-state index in [9.17, 15) is 8.42 Å². The van der Waals surface area contributed by atoms with Gasteiger partial charge in [-0.05, 0) is 54.5 Å². The van der Waals surface area contributed by atoms with Gasteiger partial charge in [-0.1, -0.05) is 56.4 Å². The van der Waals surface area contributed by atoms with Crippen molar-refractivity contribution < 1.29 is 8.42 Å². The lowest BCUT2D eigenvalue weighted by Gasteiger charge is -2.25. The normalized spacial score (nSPS) is 16.0. The first-order valence-electron chi connectivity index (χ1n) is 11.4. The minimum atomic E-state index is -3.72. The molecular formula is C25H31N3O2S2. The zero-order valence-electron chi connectivity index (χ0n) is 18.5. The third-order valence-corrected chi connectivity index (χ3v) is 8.38. The van der Waals surface area contributed by atoms with Gasteiger partial charge in [0.05, 0.1) is 16.3 Å². The molecule has 1 fully saturated rings. The van der Waals surface area contributed by atoms with E-state index in [-0.39, 0.29) is 4.90 Å². The molecule has 2 N–H and O–H groups in total. The smallest absolute Gasteiger partial charge is 0.263 e. The van der Waals surface area contributed by atoms with Gasteiger partial charge in [0.15, 0.2) is 0 Å². The summed E-state index contributed by atoms with van der Waals surface area (Å²) in [5.74, 6) is 0.810. The number of nitrogens with zero attached hydrogens (tertiary/aromatic N) is 1. The molecule has 1 saturated carbocycles. The van der Waals surface area contributed by atoms with Gasteiger partial charge in [-0.25, -0.2) is 8.42 Å². The Bertz CT molecular complexity index is 1090. The van der Waals surface area contributed by atoms with E-state index in [0.29, 0.717) is 18.3 Å². The molecule has 1 aromatic carbocycles. The van der Waals surface area contributed by atoms with Crippen LogP contribution in [0.1, 0.15) is 51.0 Å². The van der Waals surface area contributed by atoms with Crippen molar-refractivity contribution in [2.75, 3.05) is 4.72 Å². The summed E-state index contributed by atoms with van der Waals surface area (Å²) in [6, 6.07) is 15.3.